The van der Waals surface area contributed by atoms with E-state index in [1.807, 2.05) is 30.3 Å². The van der Waals surface area contributed by atoms with Crippen LogP contribution in [0.4, 0.5) is 10.1 Å². The maximum absolute atomic E-state index is 14.4. The van der Waals surface area contributed by atoms with Crippen LogP contribution in [0.5, 0.6) is 5.75 Å². The van der Waals surface area contributed by atoms with Gasteiger partial charge in [-0.3, -0.25) is 14.2 Å². The fourth-order valence-corrected chi connectivity index (χ4v) is 4.24. The maximum atomic E-state index is 14.4. The lowest BCUT2D eigenvalue weighted by Crippen LogP contribution is -2.31. The molecular formula is C26H22FN5O4. The first-order valence-electron chi connectivity index (χ1n) is 11.0. The standard InChI is InChI=1S/C26H22FN5O4/c1-15(21(16-7-5-4-6-8-16)20-11-18(27)10-9-17(20)12-28)24-31-22(23(35-3)26(34)32(24)2)25(33)30-19-13-29-36-14-19/h4-11,13-15,21H,1-3H3,(H,30,33)/t15?,21-/m0/s1. The molecule has 1 N–H and O–H groups in total. The van der Waals surface area contributed by atoms with Crippen molar-refractivity contribution in [2.75, 3.05) is 12.4 Å². The molecule has 0 radical (unpaired) electrons. The number of anilines is 1. The van der Waals surface area contributed by atoms with Gasteiger partial charge in [-0.15, -0.1) is 0 Å². The van der Waals surface area contributed by atoms with Gasteiger partial charge in [0.25, 0.3) is 11.5 Å². The fraction of sp³-hybridized carbons (Fsp3) is 0.192. The minimum atomic E-state index is -0.694. The Morgan fingerprint density at radius 3 is 2.64 bits per heavy atom. The van der Waals surface area contributed by atoms with Crippen molar-refractivity contribution in [3.05, 3.63) is 105 Å². The lowest BCUT2D eigenvalue weighted by Gasteiger charge is -2.27. The number of nitrogens with one attached hydrogen (secondary N) is 1. The third-order valence-electron chi connectivity index (χ3n) is 5.93. The normalized spacial score (nSPS) is 12.4. The average molecular weight is 487 g/mol. The number of carbonyl (C=O) groups excluding carboxylic acids is 1. The molecule has 9 nitrogen and oxygen atoms in total. The Labute approximate surface area is 205 Å². The quantitative estimate of drug-likeness (QED) is 0.418. The highest BCUT2D eigenvalue weighted by Gasteiger charge is 2.31. The van der Waals surface area contributed by atoms with Gasteiger partial charge in [-0.05, 0) is 29.3 Å². The summed E-state index contributed by atoms with van der Waals surface area (Å²) in [6.45, 7) is 1.81. The van der Waals surface area contributed by atoms with Gasteiger partial charge in [0.15, 0.2) is 5.69 Å². The van der Waals surface area contributed by atoms with Crippen LogP contribution in [-0.2, 0) is 7.05 Å². The van der Waals surface area contributed by atoms with Crippen LogP contribution in [-0.4, -0.2) is 27.7 Å². The van der Waals surface area contributed by atoms with Crippen LogP contribution in [0, 0.1) is 17.1 Å². The summed E-state index contributed by atoms with van der Waals surface area (Å²) in [6, 6.07) is 15.3. The topological polar surface area (TPSA) is 123 Å². The number of rotatable bonds is 7. The lowest BCUT2D eigenvalue weighted by atomic mass is 9.79. The number of ether oxygens (including phenoxy) is 1. The van der Waals surface area contributed by atoms with Crippen molar-refractivity contribution in [1.82, 2.24) is 14.7 Å². The van der Waals surface area contributed by atoms with Gasteiger partial charge < -0.3 is 14.6 Å². The minimum Gasteiger partial charge on any atom is -0.489 e. The molecule has 182 valence electrons. The molecule has 0 aliphatic heterocycles. The number of aromatic nitrogens is 3. The molecule has 4 aromatic rings. The van der Waals surface area contributed by atoms with Crippen molar-refractivity contribution in [2.24, 2.45) is 7.05 Å². The van der Waals surface area contributed by atoms with Crippen molar-refractivity contribution >= 4 is 11.6 Å². The number of hydrogen-bond acceptors (Lipinski definition) is 7. The second kappa shape index (κ2) is 10.2. The molecular weight excluding hydrogens is 465 g/mol. The second-order valence-electron chi connectivity index (χ2n) is 8.10. The van der Waals surface area contributed by atoms with E-state index in [0.29, 0.717) is 11.1 Å². The van der Waals surface area contributed by atoms with Gasteiger partial charge in [0.1, 0.15) is 23.6 Å². The summed E-state index contributed by atoms with van der Waals surface area (Å²) < 4.78 is 25.6. The zero-order chi connectivity index (χ0) is 25.8. The number of benzene rings is 2. The Balaban J connectivity index is 1.90. The summed E-state index contributed by atoms with van der Waals surface area (Å²) in [4.78, 5) is 30.8. The molecule has 1 amide bonds. The van der Waals surface area contributed by atoms with Gasteiger partial charge in [-0.25, -0.2) is 9.37 Å². The second-order valence-corrected chi connectivity index (χ2v) is 8.10. The van der Waals surface area contributed by atoms with Crippen LogP contribution in [0.2, 0.25) is 0 Å². The van der Waals surface area contributed by atoms with Crippen LogP contribution in [0.25, 0.3) is 0 Å². The molecule has 36 heavy (non-hydrogen) atoms. The van der Waals surface area contributed by atoms with E-state index in [0.717, 1.165) is 5.56 Å². The highest BCUT2D eigenvalue weighted by atomic mass is 19.1. The first-order valence-corrected chi connectivity index (χ1v) is 11.0. The summed E-state index contributed by atoms with van der Waals surface area (Å²) in [6.07, 6.45) is 2.53. The van der Waals surface area contributed by atoms with Crippen LogP contribution in [0.15, 0.2) is 70.3 Å². The molecule has 1 unspecified atom stereocenters. The fourth-order valence-electron chi connectivity index (χ4n) is 4.24. The van der Waals surface area contributed by atoms with Crippen molar-refractivity contribution < 1.29 is 18.4 Å². The van der Waals surface area contributed by atoms with Crippen LogP contribution >= 0.6 is 0 Å². The first-order chi connectivity index (χ1) is 17.3. The summed E-state index contributed by atoms with van der Waals surface area (Å²) in [7, 11) is 2.79. The van der Waals surface area contributed by atoms with Crippen LogP contribution in [0.3, 0.4) is 0 Å². The number of nitrogens with zero attached hydrogens (tertiary/aromatic N) is 4. The molecule has 2 heterocycles. The smallest absolute Gasteiger partial charge is 0.296 e. The van der Waals surface area contributed by atoms with Crippen molar-refractivity contribution in [1.29, 1.82) is 5.26 Å². The SMILES string of the molecule is COc1c(C(=O)Nc2cnoc2)nc(C(C)[C@@H](c2ccccc2)c2cc(F)ccc2C#N)n(C)c1=O. The summed E-state index contributed by atoms with van der Waals surface area (Å²) >= 11 is 0. The van der Waals surface area contributed by atoms with Crippen molar-refractivity contribution in [3.63, 3.8) is 0 Å². The average Bonchev–Trinajstić information content (AvgIpc) is 3.39. The largest absolute Gasteiger partial charge is 0.489 e. The van der Waals surface area contributed by atoms with Crippen molar-refractivity contribution in [2.45, 2.75) is 18.8 Å². The maximum Gasteiger partial charge on any atom is 0.296 e. The van der Waals surface area contributed by atoms with Gasteiger partial charge in [0.05, 0.1) is 24.9 Å². The Kier molecular flexibility index (Phi) is 6.92. The molecule has 0 saturated carbocycles. The van der Waals surface area contributed by atoms with E-state index in [1.165, 1.54) is 49.4 Å². The van der Waals surface area contributed by atoms with Gasteiger partial charge in [-0.1, -0.05) is 42.4 Å². The first kappa shape index (κ1) is 24.3. The molecule has 0 aliphatic rings. The molecule has 2 atom stereocenters. The van der Waals surface area contributed by atoms with E-state index in [1.54, 1.807) is 6.92 Å². The molecule has 0 spiro atoms. The molecule has 0 saturated heterocycles. The van der Waals surface area contributed by atoms with E-state index >= 15 is 0 Å². The Morgan fingerprint density at radius 2 is 2.00 bits per heavy atom. The molecule has 0 fully saturated rings. The Morgan fingerprint density at radius 1 is 1.25 bits per heavy atom. The third kappa shape index (κ3) is 4.59. The number of methoxy groups -OCH3 is 1. The zero-order valence-electron chi connectivity index (χ0n) is 19.7. The van der Waals surface area contributed by atoms with E-state index in [4.69, 9.17) is 9.26 Å². The van der Waals surface area contributed by atoms with E-state index in [9.17, 15) is 19.2 Å². The van der Waals surface area contributed by atoms with Gasteiger partial charge in [0.2, 0.25) is 5.75 Å². The molecule has 4 rings (SSSR count). The van der Waals surface area contributed by atoms with E-state index in [-0.39, 0.29) is 23.0 Å². The predicted molar refractivity (Wildman–Crippen MR) is 128 cm³/mol. The highest BCUT2D eigenvalue weighted by Crippen LogP contribution is 2.39. The van der Waals surface area contributed by atoms with Crippen LogP contribution < -0.4 is 15.6 Å². The molecule has 10 heteroatoms. The molecule has 2 aromatic carbocycles. The summed E-state index contributed by atoms with van der Waals surface area (Å²) in [5, 5.41) is 15.8. The molecule has 2 aromatic heterocycles. The molecule has 0 bridgehead atoms. The van der Waals surface area contributed by atoms with Crippen molar-refractivity contribution in [3.8, 4) is 11.8 Å². The van der Waals surface area contributed by atoms with E-state index in [2.05, 4.69) is 21.5 Å². The number of carbonyl (C=O) groups is 1. The summed E-state index contributed by atoms with van der Waals surface area (Å²) in [5.41, 5.74) is 0.997. The number of amides is 1. The zero-order valence-corrected chi connectivity index (χ0v) is 19.7. The van der Waals surface area contributed by atoms with Gasteiger partial charge in [-0.2, -0.15) is 5.26 Å². The van der Waals surface area contributed by atoms with Gasteiger partial charge in [0, 0.05) is 18.9 Å². The molecule has 0 aliphatic carbocycles. The Hall–Kier alpha value is -4.78. The van der Waals surface area contributed by atoms with Crippen LogP contribution in [0.1, 0.15) is 51.8 Å². The minimum absolute atomic E-state index is 0.227. The number of halogens is 1. The number of nitriles is 1. The number of hydrogen-bond donors (Lipinski definition) is 1. The summed E-state index contributed by atoms with van der Waals surface area (Å²) in [5.74, 6) is -2.30. The van der Waals surface area contributed by atoms with Gasteiger partial charge >= 0.3 is 0 Å². The lowest BCUT2D eigenvalue weighted by molar-refractivity contribution is 0.101. The monoisotopic (exact) mass is 487 g/mol. The van der Waals surface area contributed by atoms with E-state index < -0.39 is 29.1 Å². The Bertz CT molecular complexity index is 1490. The highest BCUT2D eigenvalue weighted by molar-refractivity contribution is 6.04. The third-order valence-corrected chi connectivity index (χ3v) is 5.93. The predicted octanol–water partition coefficient (Wildman–Crippen LogP) is 3.98.